The number of hydrogen-bond acceptors (Lipinski definition) is 4. The molecular weight excluding hydrogens is 344 g/mol. The number of carboxylic acid groups (broad SMARTS) is 1. The largest absolute Gasteiger partial charge is 0.497 e. The van der Waals surface area contributed by atoms with E-state index in [4.69, 9.17) is 14.6 Å². The van der Waals surface area contributed by atoms with E-state index >= 15 is 0 Å². The van der Waals surface area contributed by atoms with Gasteiger partial charge in [0.05, 0.1) is 13.7 Å². The number of unbranched alkanes of at least 4 members (excludes halogenated alkanes) is 1. The summed E-state index contributed by atoms with van der Waals surface area (Å²) in [6, 6.07) is 16.5. The highest BCUT2D eigenvalue weighted by Crippen LogP contribution is 2.22. The summed E-state index contributed by atoms with van der Waals surface area (Å²) in [5.74, 6) is 0.324. The van der Waals surface area contributed by atoms with Gasteiger partial charge in [-0.05, 0) is 62.1 Å². The molecule has 27 heavy (non-hydrogen) atoms. The van der Waals surface area contributed by atoms with Gasteiger partial charge < -0.3 is 14.6 Å². The van der Waals surface area contributed by atoms with Crippen LogP contribution in [0.3, 0.4) is 0 Å². The van der Waals surface area contributed by atoms with Gasteiger partial charge in [0.2, 0.25) is 0 Å². The Balaban J connectivity index is 1.86. The maximum atomic E-state index is 12.8. The predicted octanol–water partition coefficient (Wildman–Crippen LogP) is 4.61. The molecule has 0 radical (unpaired) electrons. The van der Waals surface area contributed by atoms with Gasteiger partial charge in [-0.1, -0.05) is 18.2 Å². The number of carboxylic acids is 1. The highest BCUT2D eigenvalue weighted by Gasteiger charge is 2.21. The summed E-state index contributed by atoms with van der Waals surface area (Å²) in [5.41, 5.74) is 0.590. The Morgan fingerprint density at radius 1 is 0.926 bits per heavy atom. The summed E-state index contributed by atoms with van der Waals surface area (Å²) in [7, 11) is 1.57. The molecule has 1 atom stereocenters. The van der Waals surface area contributed by atoms with Crippen molar-refractivity contribution in [1.82, 2.24) is 0 Å². The van der Waals surface area contributed by atoms with Crippen molar-refractivity contribution in [2.75, 3.05) is 13.7 Å². The number of carbonyl (C=O) groups excluding carboxylic acids is 1. The zero-order valence-electron chi connectivity index (χ0n) is 15.6. The lowest BCUT2D eigenvalue weighted by atomic mass is 9.89. The van der Waals surface area contributed by atoms with Gasteiger partial charge in [0, 0.05) is 17.9 Å². The average molecular weight is 370 g/mol. The second-order valence-electron chi connectivity index (χ2n) is 6.38. The molecule has 5 heteroatoms. The zero-order chi connectivity index (χ0) is 19.5. The number of Topliss-reactive ketones (excluding diaryl/α,β-unsaturated/α-hetero) is 1. The van der Waals surface area contributed by atoms with Gasteiger partial charge in [-0.2, -0.15) is 0 Å². The maximum Gasteiger partial charge on any atom is 0.303 e. The molecule has 0 heterocycles. The highest BCUT2D eigenvalue weighted by atomic mass is 16.5. The number of benzene rings is 2. The number of methoxy groups -OCH3 is 1. The summed E-state index contributed by atoms with van der Waals surface area (Å²) in [4.78, 5) is 23.7. The van der Waals surface area contributed by atoms with Gasteiger partial charge in [0.25, 0.3) is 0 Å². The van der Waals surface area contributed by atoms with E-state index in [-0.39, 0.29) is 18.1 Å². The van der Waals surface area contributed by atoms with Gasteiger partial charge in [0.1, 0.15) is 11.5 Å². The number of aliphatic carboxylic acids is 1. The first-order valence-corrected chi connectivity index (χ1v) is 9.18. The van der Waals surface area contributed by atoms with Crippen molar-refractivity contribution in [2.24, 2.45) is 5.92 Å². The van der Waals surface area contributed by atoms with Crippen LogP contribution < -0.4 is 9.47 Å². The highest BCUT2D eigenvalue weighted by molar-refractivity contribution is 5.98. The predicted molar refractivity (Wildman–Crippen MR) is 103 cm³/mol. The van der Waals surface area contributed by atoms with E-state index in [9.17, 15) is 9.59 Å². The number of hydrogen-bond donors (Lipinski definition) is 1. The minimum atomic E-state index is -0.880. The van der Waals surface area contributed by atoms with Gasteiger partial charge in [-0.15, -0.1) is 0 Å². The quantitative estimate of drug-likeness (QED) is 0.436. The van der Waals surface area contributed by atoms with Gasteiger partial charge in [-0.25, -0.2) is 0 Å². The number of rotatable bonds is 12. The van der Waals surface area contributed by atoms with Crippen LogP contribution in [0, 0.1) is 5.92 Å². The van der Waals surface area contributed by atoms with Crippen LogP contribution in [0.5, 0.6) is 11.5 Å². The first-order valence-electron chi connectivity index (χ1n) is 9.18. The van der Waals surface area contributed by atoms with Crippen LogP contribution >= 0.6 is 0 Å². The topological polar surface area (TPSA) is 72.8 Å². The molecule has 1 unspecified atom stereocenters. The first kappa shape index (κ1) is 20.5. The molecule has 0 fully saturated rings. The zero-order valence-corrected chi connectivity index (χ0v) is 15.6. The third-order valence-electron chi connectivity index (χ3n) is 4.41. The molecule has 0 amide bonds. The number of carbonyl (C=O) groups is 2. The monoisotopic (exact) mass is 370 g/mol. The molecule has 0 aliphatic rings. The fraction of sp³-hybridized carbons (Fsp3) is 0.364. The third kappa shape index (κ3) is 7.13. The Morgan fingerprint density at radius 2 is 1.63 bits per heavy atom. The minimum absolute atomic E-state index is 0.00687. The lowest BCUT2D eigenvalue weighted by Crippen LogP contribution is -2.17. The fourth-order valence-electron chi connectivity index (χ4n) is 2.89. The van der Waals surface area contributed by atoms with Gasteiger partial charge >= 0.3 is 5.97 Å². The van der Waals surface area contributed by atoms with Crippen LogP contribution in [0.15, 0.2) is 54.6 Å². The van der Waals surface area contributed by atoms with Gasteiger partial charge in [0.15, 0.2) is 5.78 Å². The summed E-state index contributed by atoms with van der Waals surface area (Å²) >= 11 is 0. The molecule has 0 saturated heterocycles. The van der Waals surface area contributed by atoms with Crippen molar-refractivity contribution in [1.29, 1.82) is 0 Å². The van der Waals surface area contributed by atoms with Crippen molar-refractivity contribution in [2.45, 2.75) is 32.1 Å². The van der Waals surface area contributed by atoms with Crippen LogP contribution in [0.2, 0.25) is 0 Å². The molecule has 2 aromatic carbocycles. The van der Waals surface area contributed by atoms with Crippen LogP contribution in [0.4, 0.5) is 0 Å². The second kappa shape index (κ2) is 11.0. The SMILES string of the molecule is COc1ccc(C(=O)C(CCCCOc2ccccc2)CCC(=O)O)cc1. The van der Waals surface area contributed by atoms with Crippen LogP contribution in [-0.2, 0) is 4.79 Å². The van der Waals surface area contributed by atoms with Crippen LogP contribution in [-0.4, -0.2) is 30.6 Å². The van der Waals surface area contributed by atoms with E-state index < -0.39 is 5.97 Å². The Morgan fingerprint density at radius 3 is 2.26 bits per heavy atom. The molecule has 1 N–H and O–H groups in total. The third-order valence-corrected chi connectivity index (χ3v) is 4.41. The van der Waals surface area contributed by atoms with E-state index in [1.807, 2.05) is 30.3 Å². The smallest absolute Gasteiger partial charge is 0.303 e. The minimum Gasteiger partial charge on any atom is -0.497 e. The van der Waals surface area contributed by atoms with Crippen molar-refractivity contribution in [3.05, 3.63) is 60.2 Å². The summed E-state index contributed by atoms with van der Waals surface area (Å²) in [6.45, 7) is 0.576. The van der Waals surface area contributed by atoms with E-state index in [0.717, 1.165) is 18.6 Å². The number of ether oxygens (including phenoxy) is 2. The van der Waals surface area contributed by atoms with E-state index in [1.54, 1.807) is 31.4 Å². The molecule has 0 aromatic heterocycles. The molecule has 0 bridgehead atoms. The number of para-hydroxylation sites is 1. The molecule has 144 valence electrons. The Bertz CT molecular complexity index is 709. The second-order valence-corrected chi connectivity index (χ2v) is 6.38. The van der Waals surface area contributed by atoms with Crippen LogP contribution in [0.1, 0.15) is 42.5 Å². The van der Waals surface area contributed by atoms with E-state index in [2.05, 4.69) is 0 Å². The molecule has 0 aliphatic carbocycles. The Hall–Kier alpha value is -2.82. The Kier molecular flexibility index (Phi) is 8.36. The molecule has 0 saturated carbocycles. The normalized spacial score (nSPS) is 11.6. The van der Waals surface area contributed by atoms with Gasteiger partial charge in [-0.3, -0.25) is 9.59 Å². The lowest BCUT2D eigenvalue weighted by Gasteiger charge is -2.15. The maximum absolute atomic E-state index is 12.8. The molecule has 5 nitrogen and oxygen atoms in total. The fourth-order valence-corrected chi connectivity index (χ4v) is 2.89. The van der Waals surface area contributed by atoms with Crippen LogP contribution in [0.25, 0.3) is 0 Å². The molecule has 2 aromatic rings. The average Bonchev–Trinajstić information content (AvgIpc) is 2.70. The van der Waals surface area contributed by atoms with Crippen molar-refractivity contribution < 1.29 is 24.2 Å². The first-order chi connectivity index (χ1) is 13.1. The molecule has 0 aliphatic heterocycles. The molecular formula is C22H26O5. The van der Waals surface area contributed by atoms with Crippen molar-refractivity contribution in [3.63, 3.8) is 0 Å². The standard InChI is InChI=1S/C22H26O5/c1-26-19-13-10-18(11-14-19)22(25)17(12-15-21(23)24)7-5-6-16-27-20-8-3-2-4-9-20/h2-4,8-11,13-14,17H,5-7,12,15-16H2,1H3,(H,23,24). The summed E-state index contributed by atoms with van der Waals surface area (Å²) < 4.78 is 10.8. The molecule has 2 rings (SSSR count). The van der Waals surface area contributed by atoms with Crippen molar-refractivity contribution >= 4 is 11.8 Å². The lowest BCUT2D eigenvalue weighted by molar-refractivity contribution is -0.137. The molecule has 0 spiro atoms. The van der Waals surface area contributed by atoms with Crippen molar-refractivity contribution in [3.8, 4) is 11.5 Å². The summed E-state index contributed by atoms with van der Waals surface area (Å²) in [6.07, 6.45) is 2.61. The Labute approximate surface area is 159 Å². The van der Waals surface area contributed by atoms with E-state index in [0.29, 0.717) is 30.8 Å². The van der Waals surface area contributed by atoms with E-state index in [1.165, 1.54) is 0 Å². The number of ketones is 1. The summed E-state index contributed by atoms with van der Waals surface area (Å²) in [5, 5.41) is 8.97.